The molecule has 0 unspecified atom stereocenters. The molecule has 11 nitrogen and oxygen atoms in total. The molecule has 0 radical (unpaired) electrons. The van der Waals surface area contributed by atoms with E-state index in [-0.39, 0.29) is 17.3 Å². The molecule has 2 aromatic carbocycles. The Hall–Kier alpha value is -4.16. The van der Waals surface area contributed by atoms with Crippen LogP contribution < -0.4 is 19.5 Å². The van der Waals surface area contributed by atoms with Gasteiger partial charge in [0.25, 0.3) is 5.91 Å². The first-order chi connectivity index (χ1) is 22.6. The first-order valence-electron chi connectivity index (χ1n) is 16.5. The van der Waals surface area contributed by atoms with Crippen molar-refractivity contribution in [3.05, 3.63) is 71.0 Å². The number of amides is 2. The van der Waals surface area contributed by atoms with Crippen molar-refractivity contribution in [3.63, 3.8) is 0 Å². The number of piperidine rings is 1. The molecule has 1 aliphatic heterocycles. The number of ether oxygens (including phenoxy) is 3. The largest absolute Gasteiger partial charge is 0.492 e. The summed E-state index contributed by atoms with van der Waals surface area (Å²) in [7, 11) is -2.74. The maximum atomic E-state index is 13.6. The smallest absolute Gasteiger partial charge is 0.410 e. The Kier molecular flexibility index (Phi) is 10.7. The topological polar surface area (TPSA) is 139 Å². The standard InChI is InChI=1S/C37H52N4O7S/c1-24-11-12-26(34(42)39-30-21-27(36(2,3)4)22-31(33(30)46-8)40-49(9,10,44)45)20-32(24)47-29-13-16-38-28(23-29)19-25-14-17-41(18-15-25)35(43)48-37(5,6)7/h11-13,16,20-23,25H,14-15,17-19H2,1-10H3,(H,39,42)(H2,40,44,45). The number of carbonyl (C=O) groups is 2. The summed E-state index contributed by atoms with van der Waals surface area (Å²) in [5, 5.41) is 2.94. The Morgan fingerprint density at radius 3 is 2.24 bits per heavy atom. The molecule has 0 aliphatic carbocycles. The first kappa shape index (κ1) is 37.7. The normalized spacial score (nSPS) is 15.2. The van der Waals surface area contributed by atoms with Crippen LogP contribution in [0.4, 0.5) is 16.2 Å². The van der Waals surface area contributed by atoms with E-state index in [9.17, 15) is 18.4 Å². The lowest BCUT2D eigenvalue weighted by Gasteiger charge is -2.37. The van der Waals surface area contributed by atoms with Crippen LogP contribution in [0.25, 0.3) is 0 Å². The minimum absolute atomic E-state index is 0.237. The third-order valence-electron chi connectivity index (χ3n) is 8.04. The zero-order valence-corrected chi connectivity index (χ0v) is 31.2. The van der Waals surface area contributed by atoms with Gasteiger partial charge in [0.2, 0.25) is 0 Å². The molecule has 1 aromatic heterocycles. The molecular weight excluding hydrogens is 644 g/mol. The number of methoxy groups -OCH3 is 1. The molecular formula is C37H52N4O7S. The Balaban J connectivity index is 1.49. The average Bonchev–Trinajstić information content (AvgIpc) is 2.96. The summed E-state index contributed by atoms with van der Waals surface area (Å²) in [6, 6.07) is 12.5. The van der Waals surface area contributed by atoms with Gasteiger partial charge in [-0.1, -0.05) is 26.8 Å². The molecule has 2 amide bonds. The lowest BCUT2D eigenvalue weighted by Crippen LogP contribution is -2.42. The van der Waals surface area contributed by atoms with E-state index in [2.05, 4.69) is 15.0 Å². The van der Waals surface area contributed by atoms with Crippen LogP contribution in [0.3, 0.4) is 0 Å². The molecule has 268 valence electrons. The molecule has 3 N–H and O–H groups in total. The number of anilines is 2. The molecule has 1 saturated heterocycles. The van der Waals surface area contributed by atoms with Crippen LogP contribution in [0.15, 0.2) is 48.7 Å². The van der Waals surface area contributed by atoms with Gasteiger partial charge in [-0.15, -0.1) is 9.53 Å². The molecule has 0 saturated carbocycles. The summed E-state index contributed by atoms with van der Waals surface area (Å²) in [6.45, 7) is 14.9. The van der Waals surface area contributed by atoms with Crippen molar-refractivity contribution in [3.8, 4) is 17.2 Å². The summed E-state index contributed by atoms with van der Waals surface area (Å²) in [5.41, 5.74) is 2.73. The van der Waals surface area contributed by atoms with Gasteiger partial charge in [-0.25, -0.2) is 4.79 Å². The molecule has 0 spiro atoms. The van der Waals surface area contributed by atoms with Crippen molar-refractivity contribution >= 4 is 32.9 Å². The average molecular weight is 697 g/mol. The molecule has 3 aromatic rings. The maximum absolute atomic E-state index is 13.6. The lowest BCUT2D eigenvalue weighted by molar-refractivity contribution is 0.0184. The van der Waals surface area contributed by atoms with Crippen molar-refractivity contribution in [1.82, 2.24) is 9.88 Å². The van der Waals surface area contributed by atoms with Crippen molar-refractivity contribution in [2.75, 3.05) is 42.7 Å². The third-order valence-corrected chi connectivity index (χ3v) is 8.84. The summed E-state index contributed by atoms with van der Waals surface area (Å²) in [6.07, 6.45) is 6.36. The van der Waals surface area contributed by atoms with E-state index in [4.69, 9.17) is 14.2 Å². The highest BCUT2D eigenvalue weighted by Gasteiger charge is 2.28. The second kappa shape index (κ2) is 14.0. The predicted octanol–water partition coefficient (Wildman–Crippen LogP) is 7.81. The van der Waals surface area contributed by atoms with E-state index in [1.54, 1.807) is 35.4 Å². The van der Waals surface area contributed by atoms with Gasteiger partial charge in [0.15, 0.2) is 5.75 Å². The number of likely N-dealkylation sites (tertiary alicyclic amines) is 1. The molecule has 0 bridgehead atoms. The summed E-state index contributed by atoms with van der Waals surface area (Å²) in [4.78, 5) is 32.4. The van der Waals surface area contributed by atoms with Gasteiger partial charge in [-0.3, -0.25) is 19.1 Å². The number of nitrogens with zero attached hydrogens (tertiary/aromatic N) is 2. The highest BCUT2D eigenvalue weighted by atomic mass is 32.3. The fourth-order valence-corrected chi connectivity index (χ4v) is 6.29. The highest BCUT2D eigenvalue weighted by Crippen LogP contribution is 2.41. The van der Waals surface area contributed by atoms with Gasteiger partial charge >= 0.3 is 6.09 Å². The molecule has 1 fully saturated rings. The number of hydrogen-bond donors (Lipinski definition) is 3. The number of benzene rings is 2. The molecule has 4 rings (SSSR count). The highest BCUT2D eigenvalue weighted by molar-refractivity contribution is 8.15. The van der Waals surface area contributed by atoms with Crippen LogP contribution in [0.2, 0.25) is 0 Å². The van der Waals surface area contributed by atoms with Gasteiger partial charge in [-0.05, 0) is 99.7 Å². The Morgan fingerprint density at radius 2 is 1.65 bits per heavy atom. The summed E-state index contributed by atoms with van der Waals surface area (Å²) >= 11 is 0. The lowest BCUT2D eigenvalue weighted by atomic mass is 9.86. The van der Waals surface area contributed by atoms with Crippen LogP contribution in [-0.4, -0.2) is 69.0 Å². The first-order valence-corrected chi connectivity index (χ1v) is 19.2. The van der Waals surface area contributed by atoms with Crippen LogP contribution in [0, 0.1) is 12.8 Å². The van der Waals surface area contributed by atoms with Gasteiger partial charge in [0.1, 0.15) is 17.1 Å². The van der Waals surface area contributed by atoms with E-state index >= 15 is 0 Å². The fraction of sp³-hybridized carbons (Fsp3) is 0.486. The predicted molar refractivity (Wildman–Crippen MR) is 196 cm³/mol. The quantitative estimate of drug-likeness (QED) is 0.206. The molecule has 1 aliphatic rings. The molecule has 49 heavy (non-hydrogen) atoms. The monoisotopic (exact) mass is 696 g/mol. The van der Waals surface area contributed by atoms with E-state index in [0.29, 0.717) is 47.4 Å². The van der Waals surface area contributed by atoms with Crippen LogP contribution in [0.5, 0.6) is 17.2 Å². The minimum atomic E-state index is -4.18. The number of carbonyl (C=O) groups excluding carboxylic acids is 2. The fourth-order valence-electron chi connectivity index (χ4n) is 5.51. The number of aryl methyl sites for hydroxylation is 1. The van der Waals surface area contributed by atoms with E-state index in [0.717, 1.165) is 36.1 Å². The van der Waals surface area contributed by atoms with Crippen molar-refractivity contribution in [2.24, 2.45) is 5.92 Å². The molecule has 2 heterocycles. The second-order valence-corrected chi connectivity index (χ2v) is 19.1. The third kappa shape index (κ3) is 10.9. The van der Waals surface area contributed by atoms with Crippen molar-refractivity contribution in [2.45, 2.75) is 78.7 Å². The van der Waals surface area contributed by atoms with E-state index < -0.39 is 21.0 Å². The van der Waals surface area contributed by atoms with Crippen LogP contribution in [-0.2, 0) is 26.1 Å². The number of rotatable bonds is 9. The van der Waals surface area contributed by atoms with Gasteiger partial charge in [-0.2, -0.15) is 4.21 Å². The summed E-state index contributed by atoms with van der Waals surface area (Å²) < 4.78 is 43.5. The number of pyridine rings is 1. The Bertz CT molecular complexity index is 1750. The van der Waals surface area contributed by atoms with Crippen molar-refractivity contribution in [1.29, 1.82) is 0 Å². The SMILES string of the molecule is COc1c(NC(=O)c2ccc(C)c(Oc3ccnc(CC4CCN(C(=O)OC(C)(C)C)CC4)c3)c2)cc(C(C)(C)C)cc1NS(C)(C)(=O)O. The van der Waals surface area contributed by atoms with E-state index in [1.165, 1.54) is 19.6 Å². The molecule has 0 atom stereocenters. The van der Waals surface area contributed by atoms with Crippen LogP contribution >= 0.6 is 0 Å². The molecule has 12 heteroatoms. The zero-order chi connectivity index (χ0) is 36.4. The number of nitrogens with one attached hydrogen (secondary N) is 2. The Labute approximate surface area is 290 Å². The maximum Gasteiger partial charge on any atom is 0.410 e. The zero-order valence-electron chi connectivity index (χ0n) is 30.4. The van der Waals surface area contributed by atoms with Crippen LogP contribution in [0.1, 0.15) is 81.6 Å². The van der Waals surface area contributed by atoms with Gasteiger partial charge in [0.05, 0.1) is 18.5 Å². The summed E-state index contributed by atoms with van der Waals surface area (Å²) in [5.74, 6) is 1.34. The van der Waals surface area contributed by atoms with Crippen molar-refractivity contribution < 1.29 is 32.6 Å². The minimum Gasteiger partial charge on any atom is -0.492 e. The number of hydrogen-bond acceptors (Lipinski definition) is 7. The Morgan fingerprint density at radius 1 is 1.00 bits per heavy atom. The van der Waals surface area contributed by atoms with Gasteiger partial charge in [0, 0.05) is 49.1 Å². The van der Waals surface area contributed by atoms with E-state index in [1.807, 2.05) is 66.7 Å². The number of aromatic nitrogens is 1. The second-order valence-electron chi connectivity index (χ2n) is 15.4. The van der Waals surface area contributed by atoms with Gasteiger partial charge < -0.3 is 24.4 Å².